The SMILES string of the molecule is Cl.N#Cc1ccc2ccn(CC3CCN(CCc4cccc(Cl)c4)C3)c2c1. The summed E-state index contributed by atoms with van der Waals surface area (Å²) >= 11 is 6.08. The maximum Gasteiger partial charge on any atom is 0.0992 e. The van der Waals surface area contributed by atoms with Crippen LogP contribution in [0.3, 0.4) is 0 Å². The van der Waals surface area contributed by atoms with Gasteiger partial charge in [0.25, 0.3) is 0 Å². The highest BCUT2D eigenvalue weighted by Gasteiger charge is 2.22. The van der Waals surface area contributed by atoms with Crippen molar-refractivity contribution in [3.05, 3.63) is 70.9 Å². The van der Waals surface area contributed by atoms with E-state index in [4.69, 9.17) is 16.9 Å². The van der Waals surface area contributed by atoms with Gasteiger partial charge in [0.2, 0.25) is 0 Å². The van der Waals surface area contributed by atoms with Gasteiger partial charge in [-0.25, -0.2) is 0 Å². The van der Waals surface area contributed by atoms with Crippen LogP contribution in [0.25, 0.3) is 10.9 Å². The van der Waals surface area contributed by atoms with E-state index in [2.05, 4.69) is 39.9 Å². The highest BCUT2D eigenvalue weighted by atomic mass is 35.5. The van der Waals surface area contributed by atoms with Crippen molar-refractivity contribution in [2.45, 2.75) is 19.4 Å². The minimum atomic E-state index is 0. The largest absolute Gasteiger partial charge is 0.347 e. The molecule has 0 bridgehead atoms. The Balaban J connectivity index is 0.00000210. The van der Waals surface area contributed by atoms with Crippen LogP contribution < -0.4 is 0 Å². The standard InChI is InChI=1S/C22H22ClN3.ClH/c23-21-3-1-2-17(12-21)6-9-25-10-7-19(15-25)16-26-11-8-20-5-4-18(14-24)13-22(20)26;/h1-5,8,11-13,19H,6-7,9-10,15-16H2;1H. The minimum Gasteiger partial charge on any atom is -0.347 e. The topological polar surface area (TPSA) is 32.0 Å². The quantitative estimate of drug-likeness (QED) is 0.593. The van der Waals surface area contributed by atoms with E-state index >= 15 is 0 Å². The minimum absolute atomic E-state index is 0. The average Bonchev–Trinajstić information content (AvgIpc) is 3.27. The van der Waals surface area contributed by atoms with E-state index in [1.807, 2.05) is 30.3 Å². The van der Waals surface area contributed by atoms with Crippen molar-refractivity contribution in [1.29, 1.82) is 5.26 Å². The van der Waals surface area contributed by atoms with E-state index < -0.39 is 0 Å². The lowest BCUT2D eigenvalue weighted by atomic mass is 10.1. The summed E-state index contributed by atoms with van der Waals surface area (Å²) in [4.78, 5) is 2.55. The monoisotopic (exact) mass is 399 g/mol. The van der Waals surface area contributed by atoms with Gasteiger partial charge in [-0.05, 0) is 66.6 Å². The Morgan fingerprint density at radius 1 is 1.15 bits per heavy atom. The van der Waals surface area contributed by atoms with Crippen molar-refractivity contribution in [1.82, 2.24) is 9.47 Å². The summed E-state index contributed by atoms with van der Waals surface area (Å²) in [7, 11) is 0. The van der Waals surface area contributed by atoms with Crippen LogP contribution >= 0.6 is 24.0 Å². The van der Waals surface area contributed by atoms with Crippen LogP contribution in [0.2, 0.25) is 5.02 Å². The van der Waals surface area contributed by atoms with Crippen molar-refractivity contribution >= 4 is 34.9 Å². The van der Waals surface area contributed by atoms with Crippen LogP contribution in [0, 0.1) is 17.2 Å². The predicted octanol–water partition coefficient (Wildman–Crippen LogP) is 5.15. The molecule has 1 unspecified atom stereocenters. The highest BCUT2D eigenvalue weighted by Crippen LogP contribution is 2.23. The fraction of sp³-hybridized carbons (Fsp3) is 0.318. The number of aromatic nitrogens is 1. The predicted molar refractivity (Wildman–Crippen MR) is 114 cm³/mol. The first-order valence-electron chi connectivity index (χ1n) is 9.17. The number of benzene rings is 2. The molecule has 27 heavy (non-hydrogen) atoms. The second-order valence-electron chi connectivity index (χ2n) is 7.19. The molecule has 0 N–H and O–H groups in total. The Hall–Kier alpha value is -1.99. The highest BCUT2D eigenvalue weighted by molar-refractivity contribution is 6.30. The molecule has 1 aromatic heterocycles. The lowest BCUT2D eigenvalue weighted by Crippen LogP contribution is -2.24. The first-order chi connectivity index (χ1) is 12.7. The molecule has 1 atom stereocenters. The fourth-order valence-electron chi connectivity index (χ4n) is 3.94. The lowest BCUT2D eigenvalue weighted by Gasteiger charge is -2.17. The number of hydrogen-bond acceptors (Lipinski definition) is 2. The van der Waals surface area contributed by atoms with Gasteiger partial charge in [-0.3, -0.25) is 0 Å². The summed E-state index contributed by atoms with van der Waals surface area (Å²) in [5.74, 6) is 0.663. The van der Waals surface area contributed by atoms with E-state index in [-0.39, 0.29) is 12.4 Å². The Morgan fingerprint density at radius 3 is 2.85 bits per heavy atom. The third-order valence-corrected chi connectivity index (χ3v) is 5.57. The second-order valence-corrected chi connectivity index (χ2v) is 7.63. The molecule has 140 valence electrons. The van der Waals surface area contributed by atoms with Crippen LogP contribution in [0.4, 0.5) is 0 Å². The van der Waals surface area contributed by atoms with Crippen molar-refractivity contribution in [2.24, 2.45) is 5.92 Å². The molecule has 5 heteroatoms. The number of fused-ring (bicyclic) bond motifs is 1. The first kappa shape index (κ1) is 19.8. The molecular weight excluding hydrogens is 377 g/mol. The lowest BCUT2D eigenvalue weighted by molar-refractivity contribution is 0.321. The van der Waals surface area contributed by atoms with Crippen LogP contribution in [-0.2, 0) is 13.0 Å². The van der Waals surface area contributed by atoms with Gasteiger partial charge in [-0.1, -0.05) is 29.8 Å². The molecule has 1 aliphatic heterocycles. The Bertz CT molecular complexity index is 958. The Labute approximate surface area is 171 Å². The van der Waals surface area contributed by atoms with Gasteiger partial charge >= 0.3 is 0 Å². The molecule has 3 aromatic rings. The molecule has 1 aliphatic rings. The van der Waals surface area contributed by atoms with Gasteiger partial charge < -0.3 is 9.47 Å². The number of rotatable bonds is 5. The molecule has 0 spiro atoms. The van der Waals surface area contributed by atoms with Crippen molar-refractivity contribution in [3.8, 4) is 6.07 Å². The van der Waals surface area contributed by atoms with Crippen molar-refractivity contribution in [2.75, 3.05) is 19.6 Å². The zero-order valence-corrected chi connectivity index (χ0v) is 16.7. The smallest absolute Gasteiger partial charge is 0.0992 e. The zero-order valence-electron chi connectivity index (χ0n) is 15.1. The van der Waals surface area contributed by atoms with Gasteiger partial charge in [0.05, 0.1) is 11.6 Å². The molecule has 0 amide bonds. The van der Waals surface area contributed by atoms with Gasteiger partial charge in [0.15, 0.2) is 0 Å². The fourth-order valence-corrected chi connectivity index (χ4v) is 4.15. The third-order valence-electron chi connectivity index (χ3n) is 5.33. The van der Waals surface area contributed by atoms with E-state index in [1.54, 1.807) is 0 Å². The van der Waals surface area contributed by atoms with Gasteiger partial charge in [-0.2, -0.15) is 5.26 Å². The van der Waals surface area contributed by atoms with Gasteiger partial charge in [0, 0.05) is 36.4 Å². The summed E-state index contributed by atoms with van der Waals surface area (Å²) in [6, 6.07) is 18.5. The maximum atomic E-state index is 9.14. The second kappa shape index (κ2) is 8.80. The first-order valence-corrected chi connectivity index (χ1v) is 9.55. The summed E-state index contributed by atoms with van der Waals surface area (Å²) in [6.07, 6.45) is 4.43. The summed E-state index contributed by atoms with van der Waals surface area (Å²) < 4.78 is 2.31. The van der Waals surface area contributed by atoms with Crippen LogP contribution in [0.15, 0.2) is 54.7 Å². The van der Waals surface area contributed by atoms with Crippen molar-refractivity contribution < 1.29 is 0 Å². The Morgan fingerprint density at radius 2 is 2.04 bits per heavy atom. The summed E-state index contributed by atoms with van der Waals surface area (Å²) in [5, 5.41) is 11.2. The molecule has 2 aromatic carbocycles. The summed E-state index contributed by atoms with van der Waals surface area (Å²) in [6.45, 7) is 4.40. The van der Waals surface area contributed by atoms with Crippen molar-refractivity contribution in [3.63, 3.8) is 0 Å². The maximum absolute atomic E-state index is 9.14. The van der Waals surface area contributed by atoms with Crippen LogP contribution in [-0.4, -0.2) is 29.1 Å². The normalized spacial score (nSPS) is 17.0. The van der Waals surface area contributed by atoms with E-state index in [0.29, 0.717) is 5.92 Å². The number of hydrogen-bond donors (Lipinski definition) is 0. The number of halogens is 2. The van der Waals surface area contributed by atoms with Crippen LogP contribution in [0.1, 0.15) is 17.5 Å². The number of nitrogens with zero attached hydrogens (tertiary/aromatic N) is 3. The molecule has 1 fully saturated rings. The zero-order chi connectivity index (χ0) is 17.9. The average molecular weight is 400 g/mol. The molecule has 4 rings (SSSR count). The number of likely N-dealkylation sites (tertiary alicyclic amines) is 1. The molecule has 3 nitrogen and oxygen atoms in total. The van der Waals surface area contributed by atoms with E-state index in [9.17, 15) is 0 Å². The molecule has 1 saturated heterocycles. The van der Waals surface area contributed by atoms with E-state index in [1.165, 1.54) is 22.9 Å². The van der Waals surface area contributed by atoms with E-state index in [0.717, 1.165) is 43.2 Å². The summed E-state index contributed by atoms with van der Waals surface area (Å²) in [5.41, 5.74) is 3.20. The van der Waals surface area contributed by atoms with Gasteiger partial charge in [0.1, 0.15) is 0 Å². The Kier molecular flexibility index (Phi) is 6.44. The van der Waals surface area contributed by atoms with Gasteiger partial charge in [-0.15, -0.1) is 12.4 Å². The number of nitriles is 1. The van der Waals surface area contributed by atoms with Crippen LogP contribution in [0.5, 0.6) is 0 Å². The third kappa shape index (κ3) is 4.65. The molecular formula is C22H23Cl2N3. The molecule has 2 heterocycles. The molecule has 0 saturated carbocycles. The molecule has 0 aliphatic carbocycles. The molecule has 0 radical (unpaired) electrons.